The van der Waals surface area contributed by atoms with E-state index in [1.807, 2.05) is 30.3 Å². The average Bonchev–Trinajstić information content (AvgIpc) is 3.30. The van der Waals surface area contributed by atoms with E-state index in [4.69, 9.17) is 0 Å². The Hall–Kier alpha value is -3.68. The Morgan fingerprint density at radius 1 is 1.00 bits per heavy atom. The van der Waals surface area contributed by atoms with Gasteiger partial charge in [0.15, 0.2) is 5.82 Å². The molecule has 8 heteroatoms. The largest absolute Gasteiger partial charge is 0.326 e. The number of aromatic nitrogens is 3. The lowest BCUT2D eigenvalue weighted by molar-refractivity contribution is -0.121. The fourth-order valence-corrected chi connectivity index (χ4v) is 3.41. The Morgan fingerprint density at radius 3 is 2.66 bits per heavy atom. The topological polar surface area (TPSA) is 92.2 Å². The molecule has 1 atom stereocenters. The van der Waals surface area contributed by atoms with E-state index in [0.717, 1.165) is 18.5 Å². The number of urea groups is 1. The number of piperidine rings is 1. The van der Waals surface area contributed by atoms with Crippen molar-refractivity contribution in [2.45, 2.75) is 12.8 Å². The minimum absolute atomic E-state index is 0.0627. The minimum atomic E-state index is -0.247. The number of hydrogen-bond donors (Lipinski definition) is 2. The molecule has 3 heterocycles. The van der Waals surface area contributed by atoms with Crippen LogP contribution in [0.2, 0.25) is 0 Å². The number of pyridine rings is 1. The Bertz CT molecular complexity index is 974. The van der Waals surface area contributed by atoms with Crippen molar-refractivity contribution in [3.05, 3.63) is 67.1 Å². The second-order valence-corrected chi connectivity index (χ2v) is 6.90. The second-order valence-electron chi connectivity index (χ2n) is 6.90. The summed E-state index contributed by atoms with van der Waals surface area (Å²) in [6.45, 7) is 0.986. The number of nitrogens with zero attached hydrogens (tertiary/aromatic N) is 4. The number of carbonyl (C=O) groups is 2. The van der Waals surface area contributed by atoms with Gasteiger partial charge in [-0.05, 0) is 43.2 Å². The van der Waals surface area contributed by atoms with E-state index in [2.05, 4.69) is 20.7 Å². The maximum absolute atomic E-state index is 12.8. The number of benzene rings is 1. The maximum atomic E-state index is 12.8. The number of nitrogens with one attached hydrogen (secondary N) is 2. The zero-order chi connectivity index (χ0) is 20.1. The lowest BCUT2D eigenvalue weighted by atomic mass is 9.97. The molecule has 2 N–H and O–H groups in total. The predicted octanol–water partition coefficient (Wildman–Crippen LogP) is 3.15. The second kappa shape index (κ2) is 8.55. The van der Waals surface area contributed by atoms with Gasteiger partial charge < -0.3 is 15.5 Å². The van der Waals surface area contributed by atoms with E-state index >= 15 is 0 Å². The van der Waals surface area contributed by atoms with Crippen molar-refractivity contribution in [2.75, 3.05) is 23.7 Å². The molecule has 3 amide bonds. The zero-order valence-corrected chi connectivity index (χ0v) is 15.9. The Labute approximate surface area is 168 Å². The molecule has 2 aromatic heterocycles. The average molecular weight is 390 g/mol. The molecule has 148 valence electrons. The third-order valence-electron chi connectivity index (χ3n) is 4.87. The monoisotopic (exact) mass is 390 g/mol. The summed E-state index contributed by atoms with van der Waals surface area (Å²) in [6, 6.07) is 14.4. The van der Waals surface area contributed by atoms with Crippen LogP contribution in [-0.4, -0.2) is 44.7 Å². The number of hydrogen-bond acceptors (Lipinski definition) is 4. The van der Waals surface area contributed by atoms with Crippen LogP contribution in [0.1, 0.15) is 12.8 Å². The van der Waals surface area contributed by atoms with Crippen LogP contribution < -0.4 is 10.6 Å². The third-order valence-corrected chi connectivity index (χ3v) is 4.87. The van der Waals surface area contributed by atoms with Crippen LogP contribution in [-0.2, 0) is 4.79 Å². The van der Waals surface area contributed by atoms with Gasteiger partial charge in [0.2, 0.25) is 5.91 Å². The van der Waals surface area contributed by atoms with Crippen molar-refractivity contribution in [2.24, 2.45) is 5.92 Å². The highest BCUT2D eigenvalue weighted by molar-refractivity contribution is 5.94. The third kappa shape index (κ3) is 4.43. The van der Waals surface area contributed by atoms with Crippen molar-refractivity contribution in [1.29, 1.82) is 0 Å². The Morgan fingerprint density at radius 2 is 1.86 bits per heavy atom. The van der Waals surface area contributed by atoms with E-state index in [1.54, 1.807) is 46.4 Å². The van der Waals surface area contributed by atoms with Crippen LogP contribution in [0.15, 0.2) is 67.1 Å². The van der Waals surface area contributed by atoms with Gasteiger partial charge in [-0.15, -0.1) is 0 Å². The van der Waals surface area contributed by atoms with E-state index in [0.29, 0.717) is 24.6 Å². The molecule has 1 aromatic carbocycles. The van der Waals surface area contributed by atoms with Crippen LogP contribution in [0.3, 0.4) is 0 Å². The first kappa shape index (κ1) is 18.7. The van der Waals surface area contributed by atoms with Crippen molar-refractivity contribution in [3.8, 4) is 5.82 Å². The van der Waals surface area contributed by atoms with Crippen LogP contribution >= 0.6 is 0 Å². The highest BCUT2D eigenvalue weighted by Gasteiger charge is 2.29. The molecule has 4 rings (SSSR count). The molecular weight excluding hydrogens is 368 g/mol. The summed E-state index contributed by atoms with van der Waals surface area (Å²) in [4.78, 5) is 31.4. The van der Waals surface area contributed by atoms with Gasteiger partial charge >= 0.3 is 6.03 Å². The summed E-state index contributed by atoms with van der Waals surface area (Å²) in [6.07, 6.45) is 6.61. The molecule has 1 fully saturated rings. The van der Waals surface area contributed by atoms with Crippen LogP contribution in [0.4, 0.5) is 16.2 Å². The molecule has 1 aliphatic rings. The zero-order valence-electron chi connectivity index (χ0n) is 15.9. The first-order valence-electron chi connectivity index (χ1n) is 9.57. The Balaban J connectivity index is 1.41. The number of anilines is 2. The smallest absolute Gasteiger partial charge is 0.321 e. The normalized spacial score (nSPS) is 16.3. The highest BCUT2D eigenvalue weighted by atomic mass is 16.2. The van der Waals surface area contributed by atoms with Gasteiger partial charge in [0.05, 0.1) is 11.6 Å². The molecule has 0 radical (unpaired) electrons. The lowest BCUT2D eigenvalue weighted by Crippen LogP contribution is -2.45. The molecule has 8 nitrogen and oxygen atoms in total. The van der Waals surface area contributed by atoms with Gasteiger partial charge in [0.25, 0.3) is 0 Å². The molecule has 0 spiro atoms. The minimum Gasteiger partial charge on any atom is -0.326 e. The van der Waals surface area contributed by atoms with Crippen LogP contribution in [0.25, 0.3) is 5.82 Å². The van der Waals surface area contributed by atoms with E-state index in [9.17, 15) is 9.59 Å². The summed E-state index contributed by atoms with van der Waals surface area (Å²) >= 11 is 0. The van der Waals surface area contributed by atoms with Crippen molar-refractivity contribution in [3.63, 3.8) is 0 Å². The molecule has 1 saturated heterocycles. The number of amides is 3. The van der Waals surface area contributed by atoms with Gasteiger partial charge in [-0.1, -0.05) is 18.2 Å². The van der Waals surface area contributed by atoms with Gasteiger partial charge in [0.1, 0.15) is 0 Å². The summed E-state index contributed by atoms with van der Waals surface area (Å²) in [7, 11) is 0. The predicted molar refractivity (Wildman–Crippen MR) is 110 cm³/mol. The lowest BCUT2D eigenvalue weighted by Gasteiger charge is -2.32. The summed E-state index contributed by atoms with van der Waals surface area (Å²) in [5.41, 5.74) is 1.33. The molecule has 1 aliphatic heterocycles. The molecule has 0 aliphatic carbocycles. The molecule has 3 aromatic rings. The van der Waals surface area contributed by atoms with Gasteiger partial charge in [-0.25, -0.2) is 14.5 Å². The summed E-state index contributed by atoms with van der Waals surface area (Å²) < 4.78 is 1.60. The maximum Gasteiger partial charge on any atom is 0.321 e. The molecule has 29 heavy (non-hydrogen) atoms. The van der Waals surface area contributed by atoms with Crippen LogP contribution in [0.5, 0.6) is 0 Å². The molecule has 0 bridgehead atoms. The molecule has 0 saturated carbocycles. The summed E-state index contributed by atoms with van der Waals surface area (Å²) in [5, 5.41) is 10.0. The van der Waals surface area contributed by atoms with Gasteiger partial charge in [-0.3, -0.25) is 4.79 Å². The van der Waals surface area contributed by atoms with E-state index < -0.39 is 0 Å². The fraction of sp³-hybridized carbons (Fsp3) is 0.238. The van der Waals surface area contributed by atoms with Crippen molar-refractivity contribution in [1.82, 2.24) is 19.7 Å². The van der Waals surface area contributed by atoms with E-state index in [-0.39, 0.29) is 17.9 Å². The highest BCUT2D eigenvalue weighted by Crippen LogP contribution is 2.21. The van der Waals surface area contributed by atoms with Crippen molar-refractivity contribution >= 4 is 23.3 Å². The molecular formula is C21H22N6O2. The van der Waals surface area contributed by atoms with Crippen LogP contribution in [0, 0.1) is 5.92 Å². The number of carbonyl (C=O) groups excluding carboxylic acids is 2. The van der Waals surface area contributed by atoms with E-state index in [1.165, 1.54) is 0 Å². The quantitative estimate of drug-likeness (QED) is 0.716. The fourth-order valence-electron chi connectivity index (χ4n) is 3.41. The first-order valence-corrected chi connectivity index (χ1v) is 9.57. The number of likely N-dealkylation sites (tertiary alicyclic amines) is 1. The summed E-state index contributed by atoms with van der Waals surface area (Å²) in [5.74, 6) is 0.239. The number of para-hydroxylation sites is 1. The van der Waals surface area contributed by atoms with Gasteiger partial charge in [0, 0.05) is 37.4 Å². The number of rotatable bonds is 4. The van der Waals surface area contributed by atoms with Crippen molar-refractivity contribution < 1.29 is 9.59 Å². The Kier molecular flexibility index (Phi) is 5.51. The standard InChI is InChI=1S/C21H22N6O2/c28-20(24-17-8-2-1-3-9-17)16-7-5-13-26(15-16)21(29)25-18-10-4-11-22-19(18)27-14-6-12-23-27/h1-4,6,8-12,14,16H,5,7,13,15H2,(H,24,28)(H,25,29)/t16-/m0/s1. The molecule has 0 unspecified atom stereocenters. The first-order chi connectivity index (χ1) is 14.2. The SMILES string of the molecule is O=C(Nc1ccccc1)[C@H]1CCCN(C(=O)Nc2cccnc2-n2cccn2)C1. The van der Waals surface area contributed by atoms with Gasteiger partial charge in [-0.2, -0.15) is 5.10 Å².